The highest BCUT2D eigenvalue weighted by atomic mass is 79.9. The first-order chi connectivity index (χ1) is 17.1. The molecule has 0 spiro atoms. The first kappa shape index (κ1) is 26.5. The molecule has 1 radical (unpaired) electrons. The van der Waals surface area contributed by atoms with Gasteiger partial charge in [0.05, 0.1) is 14.2 Å². The van der Waals surface area contributed by atoms with Crippen molar-refractivity contribution in [1.29, 1.82) is 0 Å². The van der Waals surface area contributed by atoms with Gasteiger partial charge in [-0.15, -0.1) is 0 Å². The van der Waals surface area contributed by atoms with Gasteiger partial charge in [-0.05, 0) is 70.0 Å². The number of piperidine rings is 1. The summed E-state index contributed by atoms with van der Waals surface area (Å²) in [4.78, 5) is 19.3. The van der Waals surface area contributed by atoms with Crippen LogP contribution in [0.3, 0.4) is 0 Å². The van der Waals surface area contributed by atoms with E-state index in [-0.39, 0.29) is 12.0 Å². The van der Waals surface area contributed by atoms with Gasteiger partial charge < -0.3 is 19.1 Å². The number of nitrogens with zero attached hydrogens (tertiary/aromatic N) is 3. The predicted molar refractivity (Wildman–Crippen MR) is 148 cm³/mol. The second-order valence-corrected chi connectivity index (χ2v) is 11.5. The number of hydrogen-bond acceptors (Lipinski definition) is 5. The quantitative estimate of drug-likeness (QED) is 0.372. The van der Waals surface area contributed by atoms with E-state index in [0.29, 0.717) is 24.6 Å². The number of carbonyl (C=O) groups is 1. The third-order valence-corrected chi connectivity index (χ3v) is 7.01. The topological polar surface area (TPSA) is 74.5 Å². The van der Waals surface area contributed by atoms with Gasteiger partial charge in [-0.3, -0.25) is 0 Å². The summed E-state index contributed by atoms with van der Waals surface area (Å²) < 4.78 is 18.7. The van der Waals surface area contributed by atoms with Crippen molar-refractivity contribution >= 4 is 55.2 Å². The molecule has 2 aromatic rings. The number of carbonyl (C=O) groups excluding carboxylic acids is 1. The molecule has 0 bridgehead atoms. The van der Waals surface area contributed by atoms with Gasteiger partial charge in [0.2, 0.25) is 0 Å². The second kappa shape index (κ2) is 10.8. The van der Waals surface area contributed by atoms with Crippen LogP contribution in [0.25, 0.3) is 11.4 Å². The maximum Gasteiger partial charge on any atom is 0.410 e. The molecular formula is C27H30Br2N3O4. The lowest BCUT2D eigenvalue weighted by molar-refractivity contribution is 0.0201. The number of likely N-dealkylation sites (tertiary alicyclic amines) is 1. The first-order valence-corrected chi connectivity index (χ1v) is 13.4. The van der Waals surface area contributed by atoms with Crippen molar-refractivity contribution in [2.24, 2.45) is 10.9 Å². The lowest BCUT2D eigenvalue weighted by Crippen LogP contribution is -2.43. The Hall–Kier alpha value is -2.52. The predicted octanol–water partition coefficient (Wildman–Crippen LogP) is 6.72. The number of aliphatic imine (C=N–C) groups is 1. The molecular weight excluding hydrogens is 590 g/mol. The van der Waals surface area contributed by atoms with E-state index in [1.54, 1.807) is 19.1 Å². The van der Waals surface area contributed by atoms with Gasteiger partial charge in [0.1, 0.15) is 34.3 Å². The minimum absolute atomic E-state index is 0.118. The molecule has 0 atom stereocenters. The standard InChI is InChI=1S/C27H30Br2N3O4/c1-27(2,3)36-26(33)32-12-10-16(11-13-32)25-30-23(19-14-17(28)6-8-21(19)34-4)24(31-25)20-15-18(29)7-9-22(20)35-5/h6-9,14-16H,10-13H2,1-5H3. The zero-order valence-electron chi connectivity index (χ0n) is 21.1. The van der Waals surface area contributed by atoms with Crippen LogP contribution in [0.1, 0.15) is 44.7 Å². The first-order valence-electron chi connectivity index (χ1n) is 11.8. The summed E-state index contributed by atoms with van der Waals surface area (Å²) in [5.41, 5.74) is 2.63. The molecule has 0 aliphatic carbocycles. The molecule has 1 fully saturated rings. The average molecular weight is 620 g/mol. The van der Waals surface area contributed by atoms with Crippen molar-refractivity contribution in [3.63, 3.8) is 0 Å². The second-order valence-electron chi connectivity index (χ2n) is 9.71. The Morgan fingerprint density at radius 3 is 1.94 bits per heavy atom. The van der Waals surface area contributed by atoms with E-state index >= 15 is 0 Å². The summed E-state index contributed by atoms with van der Waals surface area (Å²) >= 11 is 7.16. The summed E-state index contributed by atoms with van der Waals surface area (Å²) in [5, 5.41) is 5.05. The van der Waals surface area contributed by atoms with Crippen LogP contribution in [0.5, 0.6) is 11.5 Å². The van der Waals surface area contributed by atoms with E-state index in [4.69, 9.17) is 24.5 Å². The molecule has 36 heavy (non-hydrogen) atoms. The van der Waals surface area contributed by atoms with E-state index in [1.165, 1.54) is 0 Å². The molecule has 2 heterocycles. The number of amides is 1. The number of hydrogen-bond donors (Lipinski definition) is 0. The van der Waals surface area contributed by atoms with Crippen molar-refractivity contribution in [2.45, 2.75) is 39.2 Å². The summed E-state index contributed by atoms with van der Waals surface area (Å²) in [6, 6.07) is 11.7. The Morgan fingerprint density at radius 1 is 0.917 bits per heavy atom. The number of halogens is 2. The largest absolute Gasteiger partial charge is 0.496 e. The molecule has 1 amide bonds. The van der Waals surface area contributed by atoms with Gasteiger partial charge in [-0.2, -0.15) is 0 Å². The number of rotatable bonds is 5. The van der Waals surface area contributed by atoms with Crippen LogP contribution >= 0.6 is 31.9 Å². The van der Waals surface area contributed by atoms with Crippen LogP contribution in [0.2, 0.25) is 0 Å². The van der Waals surface area contributed by atoms with Crippen molar-refractivity contribution in [1.82, 2.24) is 10.2 Å². The van der Waals surface area contributed by atoms with Gasteiger partial charge in [-0.25, -0.2) is 15.1 Å². The third-order valence-electron chi connectivity index (χ3n) is 6.02. The molecule has 7 nitrogen and oxygen atoms in total. The van der Waals surface area contributed by atoms with Crippen molar-refractivity contribution in [3.05, 3.63) is 56.5 Å². The monoisotopic (exact) mass is 618 g/mol. The molecule has 0 N–H and O–H groups in total. The Morgan fingerprint density at radius 2 is 1.44 bits per heavy atom. The molecule has 0 aromatic heterocycles. The van der Waals surface area contributed by atoms with Crippen LogP contribution in [0.4, 0.5) is 4.79 Å². The molecule has 0 saturated carbocycles. The van der Waals surface area contributed by atoms with Gasteiger partial charge in [0.25, 0.3) is 0 Å². The molecule has 1 saturated heterocycles. The van der Waals surface area contributed by atoms with E-state index in [1.807, 2.05) is 57.2 Å². The Labute approximate surface area is 229 Å². The molecule has 4 rings (SSSR count). The van der Waals surface area contributed by atoms with Crippen LogP contribution in [0, 0.1) is 5.92 Å². The van der Waals surface area contributed by atoms with Crippen molar-refractivity contribution in [3.8, 4) is 11.5 Å². The fourth-order valence-electron chi connectivity index (χ4n) is 4.30. The zero-order valence-corrected chi connectivity index (χ0v) is 24.3. The normalized spacial score (nSPS) is 16.5. The summed E-state index contributed by atoms with van der Waals surface area (Å²) in [5.74, 6) is 2.29. The Kier molecular flexibility index (Phi) is 7.99. The third kappa shape index (κ3) is 5.89. The molecule has 191 valence electrons. The maximum absolute atomic E-state index is 12.5. The van der Waals surface area contributed by atoms with Crippen molar-refractivity contribution < 1.29 is 19.0 Å². The molecule has 9 heteroatoms. The van der Waals surface area contributed by atoms with Crippen LogP contribution in [-0.2, 0) is 4.74 Å². The average Bonchev–Trinajstić information content (AvgIpc) is 3.28. The van der Waals surface area contributed by atoms with E-state index in [0.717, 1.165) is 50.1 Å². The smallest absolute Gasteiger partial charge is 0.410 e. The molecule has 2 aromatic carbocycles. The number of amidine groups is 1. The molecule has 2 aliphatic rings. The molecule has 2 aliphatic heterocycles. The summed E-state index contributed by atoms with van der Waals surface area (Å²) in [6.45, 7) is 6.83. The zero-order chi connectivity index (χ0) is 26.0. The molecule has 0 unspecified atom stereocenters. The summed E-state index contributed by atoms with van der Waals surface area (Å²) in [6.07, 6.45) is 1.24. The van der Waals surface area contributed by atoms with Gasteiger partial charge in [-0.1, -0.05) is 31.9 Å². The minimum atomic E-state index is -0.515. The van der Waals surface area contributed by atoms with Gasteiger partial charge >= 0.3 is 6.09 Å². The number of benzene rings is 2. The maximum atomic E-state index is 12.5. The number of ether oxygens (including phenoxy) is 3. The van der Waals surface area contributed by atoms with Crippen LogP contribution in [0.15, 0.2) is 50.3 Å². The fourth-order valence-corrected chi connectivity index (χ4v) is 5.02. The Bertz CT molecular complexity index is 1210. The summed E-state index contributed by atoms with van der Waals surface area (Å²) in [7, 11) is 3.30. The Balaban J connectivity index is 1.66. The number of methoxy groups -OCH3 is 2. The van der Waals surface area contributed by atoms with Crippen molar-refractivity contribution in [2.75, 3.05) is 27.3 Å². The highest BCUT2D eigenvalue weighted by Gasteiger charge is 2.34. The minimum Gasteiger partial charge on any atom is -0.496 e. The highest BCUT2D eigenvalue weighted by molar-refractivity contribution is 9.10. The SMILES string of the molecule is COc1ccc(Br)cc1C1=C(c2cc(Br)ccc2OC)N=C(C2CCN(C(=O)OC(C)(C)C)CC2)[N]1. The van der Waals surface area contributed by atoms with Gasteiger partial charge in [0, 0.05) is 39.1 Å². The fraction of sp³-hybridized carbons (Fsp3) is 0.407. The van der Waals surface area contributed by atoms with E-state index < -0.39 is 5.60 Å². The van der Waals surface area contributed by atoms with Crippen LogP contribution in [-0.4, -0.2) is 49.7 Å². The van der Waals surface area contributed by atoms with E-state index in [2.05, 4.69) is 31.9 Å². The lowest BCUT2D eigenvalue weighted by atomic mass is 9.95. The lowest BCUT2D eigenvalue weighted by Gasteiger charge is -2.33. The van der Waals surface area contributed by atoms with Gasteiger partial charge in [0.15, 0.2) is 0 Å². The van der Waals surface area contributed by atoms with E-state index in [9.17, 15) is 4.79 Å². The van der Waals surface area contributed by atoms with Crippen LogP contribution < -0.4 is 14.8 Å². The highest BCUT2D eigenvalue weighted by Crippen LogP contribution is 2.41.